The summed E-state index contributed by atoms with van der Waals surface area (Å²) < 4.78 is 0. The molecule has 4 aliphatic carbocycles. The van der Waals surface area contributed by atoms with E-state index >= 15 is 0 Å². The number of rotatable bonds is 0. The Balaban J connectivity index is 1.74. The number of carbonyl (C=O) groups is 1. The minimum Gasteiger partial charge on any atom is -0.393 e. The Morgan fingerprint density at radius 3 is 2.73 bits per heavy atom. The summed E-state index contributed by atoms with van der Waals surface area (Å²) in [7, 11) is 0. The van der Waals surface area contributed by atoms with Gasteiger partial charge in [-0.05, 0) is 73.3 Å². The van der Waals surface area contributed by atoms with Crippen molar-refractivity contribution in [1.29, 1.82) is 0 Å². The first-order valence-corrected chi connectivity index (χ1v) is 8.99. The number of hydrogen-bond acceptors (Lipinski definition) is 2. The van der Waals surface area contributed by atoms with Gasteiger partial charge in [-0.25, -0.2) is 0 Å². The van der Waals surface area contributed by atoms with E-state index in [4.69, 9.17) is 0 Å². The van der Waals surface area contributed by atoms with Gasteiger partial charge in [-0.1, -0.05) is 32.4 Å². The third kappa shape index (κ3) is 1.73. The molecule has 0 saturated heterocycles. The predicted octanol–water partition coefficient (Wildman–Crippen LogP) is 3.90. The third-order valence-electron chi connectivity index (χ3n) is 7.83. The van der Waals surface area contributed by atoms with E-state index in [0.717, 1.165) is 12.8 Å². The molecule has 4 aliphatic rings. The van der Waals surface area contributed by atoms with E-state index in [1.165, 1.54) is 24.8 Å². The van der Waals surface area contributed by atoms with Crippen LogP contribution in [0.15, 0.2) is 23.8 Å². The van der Waals surface area contributed by atoms with Crippen molar-refractivity contribution in [2.75, 3.05) is 0 Å². The van der Waals surface area contributed by atoms with Crippen LogP contribution in [0.4, 0.5) is 0 Å². The zero-order chi connectivity index (χ0) is 15.7. The van der Waals surface area contributed by atoms with Gasteiger partial charge in [0.15, 0.2) is 5.78 Å². The van der Waals surface area contributed by atoms with E-state index in [1.54, 1.807) is 6.08 Å². The monoisotopic (exact) mass is 300 g/mol. The maximum Gasteiger partial charge on any atom is 0.178 e. The Kier molecular flexibility index (Phi) is 3.05. The molecule has 0 aromatic heterocycles. The topological polar surface area (TPSA) is 37.3 Å². The fraction of sp³-hybridized carbons (Fsp3) is 0.750. The second-order valence-electron chi connectivity index (χ2n) is 8.77. The highest BCUT2D eigenvalue weighted by atomic mass is 16.3. The molecule has 3 saturated carbocycles. The quantitative estimate of drug-likeness (QED) is 0.736. The molecule has 0 amide bonds. The second kappa shape index (κ2) is 4.56. The van der Waals surface area contributed by atoms with Gasteiger partial charge >= 0.3 is 0 Å². The summed E-state index contributed by atoms with van der Waals surface area (Å²) in [5, 5.41) is 10.5. The lowest BCUT2D eigenvalue weighted by Gasteiger charge is -2.58. The minimum absolute atomic E-state index is 0.0606. The number of ketones is 1. The first-order valence-electron chi connectivity index (χ1n) is 8.99. The average Bonchev–Trinajstić information content (AvgIpc) is 2.77. The molecule has 3 fully saturated rings. The number of allylic oxidation sites excluding steroid dienone is 4. The Morgan fingerprint density at radius 1 is 1.18 bits per heavy atom. The van der Waals surface area contributed by atoms with Crippen molar-refractivity contribution < 1.29 is 9.90 Å². The first kappa shape index (κ1) is 14.7. The molecule has 0 aliphatic heterocycles. The molecule has 0 bridgehead atoms. The lowest BCUT2D eigenvalue weighted by Crippen LogP contribution is -2.52. The highest BCUT2D eigenvalue weighted by Crippen LogP contribution is 2.65. The molecular weight excluding hydrogens is 272 g/mol. The van der Waals surface area contributed by atoms with Crippen LogP contribution in [-0.2, 0) is 4.79 Å². The molecule has 7 atom stereocenters. The Morgan fingerprint density at radius 2 is 1.95 bits per heavy atom. The largest absolute Gasteiger partial charge is 0.393 e. The molecule has 0 heterocycles. The van der Waals surface area contributed by atoms with E-state index in [-0.39, 0.29) is 22.7 Å². The number of aliphatic hydroxyl groups is 1. The molecule has 1 unspecified atom stereocenters. The molecule has 0 aromatic rings. The fourth-order valence-corrected chi connectivity index (χ4v) is 6.59. The lowest BCUT2D eigenvalue weighted by molar-refractivity contribution is -0.111. The summed E-state index contributed by atoms with van der Waals surface area (Å²) in [6, 6.07) is 0. The SMILES string of the molecule is CC1C[C@H]2[C@@H]3CC[C@H](O)[C@@]3(C)CC[C@@H]2[C@@]2(C)C=CC(=O)C=C12. The predicted molar refractivity (Wildman–Crippen MR) is 87.2 cm³/mol. The highest BCUT2D eigenvalue weighted by Gasteiger charge is 2.59. The van der Waals surface area contributed by atoms with Gasteiger partial charge in [0.05, 0.1) is 6.10 Å². The molecule has 0 spiro atoms. The van der Waals surface area contributed by atoms with E-state index in [9.17, 15) is 9.90 Å². The van der Waals surface area contributed by atoms with Crippen molar-refractivity contribution in [2.24, 2.45) is 34.5 Å². The van der Waals surface area contributed by atoms with Gasteiger partial charge in [0.1, 0.15) is 0 Å². The lowest BCUT2D eigenvalue weighted by atomic mass is 9.47. The van der Waals surface area contributed by atoms with Crippen molar-refractivity contribution in [1.82, 2.24) is 0 Å². The van der Waals surface area contributed by atoms with Crippen molar-refractivity contribution >= 4 is 5.78 Å². The van der Waals surface area contributed by atoms with Crippen LogP contribution in [0.1, 0.15) is 52.9 Å². The molecule has 0 radical (unpaired) electrons. The zero-order valence-corrected chi connectivity index (χ0v) is 14.0. The van der Waals surface area contributed by atoms with Crippen LogP contribution in [0, 0.1) is 34.5 Å². The van der Waals surface area contributed by atoms with Gasteiger partial charge in [0.25, 0.3) is 0 Å². The first-order chi connectivity index (χ1) is 10.4. The van der Waals surface area contributed by atoms with Crippen molar-refractivity contribution in [3.63, 3.8) is 0 Å². The average molecular weight is 300 g/mol. The molecular formula is C20H28O2. The van der Waals surface area contributed by atoms with Gasteiger partial charge in [-0.2, -0.15) is 0 Å². The summed E-state index contributed by atoms with van der Waals surface area (Å²) in [5.41, 5.74) is 1.56. The Labute approximate surface area is 133 Å². The van der Waals surface area contributed by atoms with Crippen LogP contribution in [0.25, 0.3) is 0 Å². The smallest absolute Gasteiger partial charge is 0.178 e. The molecule has 4 rings (SSSR count). The van der Waals surface area contributed by atoms with E-state index in [0.29, 0.717) is 23.7 Å². The van der Waals surface area contributed by atoms with Crippen molar-refractivity contribution in [2.45, 2.75) is 59.0 Å². The fourth-order valence-electron chi connectivity index (χ4n) is 6.59. The number of carbonyl (C=O) groups excluding carboxylic acids is 1. The zero-order valence-electron chi connectivity index (χ0n) is 14.0. The van der Waals surface area contributed by atoms with Gasteiger partial charge in [-0.15, -0.1) is 0 Å². The van der Waals surface area contributed by atoms with Gasteiger partial charge < -0.3 is 5.11 Å². The van der Waals surface area contributed by atoms with E-state index in [1.807, 2.05) is 6.08 Å². The molecule has 2 heteroatoms. The second-order valence-corrected chi connectivity index (χ2v) is 8.77. The van der Waals surface area contributed by atoms with Crippen LogP contribution in [0.5, 0.6) is 0 Å². The molecule has 22 heavy (non-hydrogen) atoms. The summed E-state index contributed by atoms with van der Waals surface area (Å²) in [5.74, 6) is 2.65. The molecule has 2 nitrogen and oxygen atoms in total. The van der Waals surface area contributed by atoms with Crippen molar-refractivity contribution in [3.05, 3.63) is 23.8 Å². The third-order valence-corrected chi connectivity index (χ3v) is 7.83. The Bertz CT molecular complexity index is 574. The normalized spacial score (nSPS) is 53.5. The van der Waals surface area contributed by atoms with Gasteiger partial charge in [0.2, 0.25) is 0 Å². The van der Waals surface area contributed by atoms with Crippen LogP contribution >= 0.6 is 0 Å². The standard InChI is InChI=1S/C20H28O2/c1-12-10-14-15-4-5-18(22)20(15,3)9-7-16(14)19(2)8-6-13(21)11-17(12)19/h6,8,11-12,14-16,18,22H,4-5,7,9-10H2,1-3H3/t12?,14-,15-,16-,18-,19+,20-/m0/s1. The number of aliphatic hydroxyl groups excluding tert-OH is 1. The summed E-state index contributed by atoms with van der Waals surface area (Å²) in [6.45, 7) is 6.97. The summed E-state index contributed by atoms with van der Waals surface area (Å²) in [6.07, 6.45) is 11.5. The summed E-state index contributed by atoms with van der Waals surface area (Å²) in [4.78, 5) is 11.8. The van der Waals surface area contributed by atoms with Crippen LogP contribution in [-0.4, -0.2) is 17.0 Å². The maximum absolute atomic E-state index is 11.8. The van der Waals surface area contributed by atoms with Crippen molar-refractivity contribution in [3.8, 4) is 0 Å². The Hall–Kier alpha value is -0.890. The van der Waals surface area contributed by atoms with Crippen LogP contribution < -0.4 is 0 Å². The number of hydrogen-bond donors (Lipinski definition) is 1. The van der Waals surface area contributed by atoms with Crippen LogP contribution in [0.2, 0.25) is 0 Å². The maximum atomic E-state index is 11.8. The molecule has 1 N–H and O–H groups in total. The van der Waals surface area contributed by atoms with E-state index < -0.39 is 0 Å². The van der Waals surface area contributed by atoms with Crippen LogP contribution in [0.3, 0.4) is 0 Å². The van der Waals surface area contributed by atoms with Gasteiger partial charge in [-0.3, -0.25) is 4.79 Å². The summed E-state index contributed by atoms with van der Waals surface area (Å²) >= 11 is 0. The number of fused-ring (bicyclic) bond motifs is 5. The highest BCUT2D eigenvalue weighted by molar-refractivity contribution is 6.01. The minimum atomic E-state index is -0.109. The van der Waals surface area contributed by atoms with Gasteiger partial charge in [0, 0.05) is 5.41 Å². The molecule has 120 valence electrons. The molecule has 0 aromatic carbocycles. The van der Waals surface area contributed by atoms with E-state index in [2.05, 4.69) is 26.8 Å².